The predicted molar refractivity (Wildman–Crippen MR) is 68.1 cm³/mol. The Balaban J connectivity index is 2.27. The van der Waals surface area contributed by atoms with Crippen LogP contribution in [0.5, 0.6) is 0 Å². The van der Waals surface area contributed by atoms with Crippen LogP contribution in [0, 0.1) is 13.8 Å². The maximum Gasteiger partial charge on any atom is 0.300 e. The maximum absolute atomic E-state index is 14.3. The number of rotatable bonds is 3. The number of benzene rings is 1. The van der Waals surface area contributed by atoms with Crippen LogP contribution in [0.25, 0.3) is 0 Å². The normalized spacial score (nSPS) is 19.3. The summed E-state index contributed by atoms with van der Waals surface area (Å²) in [7, 11) is -4.10. The van der Waals surface area contributed by atoms with Crippen molar-refractivity contribution in [2.75, 3.05) is 13.2 Å². The summed E-state index contributed by atoms with van der Waals surface area (Å²) in [6.45, 7) is 3.86. The fourth-order valence-corrected chi connectivity index (χ4v) is 3.42. The first-order chi connectivity index (χ1) is 8.82. The van der Waals surface area contributed by atoms with Crippen LogP contribution in [0.15, 0.2) is 23.1 Å². The molecule has 1 aromatic carbocycles. The Kier molecular flexibility index (Phi) is 3.94. The van der Waals surface area contributed by atoms with Crippen molar-refractivity contribution in [1.82, 2.24) is 0 Å². The lowest BCUT2D eigenvalue weighted by molar-refractivity contribution is -0.128. The molecule has 1 heterocycles. The fraction of sp³-hybridized carbons (Fsp3) is 0.538. The lowest BCUT2D eigenvalue weighted by atomic mass is 10.1. The van der Waals surface area contributed by atoms with E-state index < -0.39 is 16.0 Å². The van der Waals surface area contributed by atoms with Crippen LogP contribution >= 0.6 is 0 Å². The van der Waals surface area contributed by atoms with Crippen molar-refractivity contribution in [2.24, 2.45) is 0 Å². The van der Waals surface area contributed by atoms with Gasteiger partial charge in [-0.25, -0.2) is 8.57 Å². The molecule has 0 saturated carbocycles. The molecular weight excluding hydrogens is 271 g/mol. The zero-order chi connectivity index (χ0) is 14.1. The molecule has 4 nitrogen and oxygen atoms in total. The minimum Gasteiger partial charge on any atom is -0.381 e. The van der Waals surface area contributed by atoms with E-state index in [4.69, 9.17) is 8.92 Å². The Bertz CT molecular complexity index is 562. The smallest absolute Gasteiger partial charge is 0.300 e. The van der Waals surface area contributed by atoms with Gasteiger partial charge in [0.2, 0.25) is 5.85 Å². The first-order valence-electron chi connectivity index (χ1n) is 6.12. The van der Waals surface area contributed by atoms with E-state index in [1.54, 1.807) is 19.1 Å². The van der Waals surface area contributed by atoms with Gasteiger partial charge in [-0.3, -0.25) is 0 Å². The van der Waals surface area contributed by atoms with Crippen molar-refractivity contribution >= 4 is 10.1 Å². The largest absolute Gasteiger partial charge is 0.381 e. The molecule has 0 aromatic heterocycles. The molecule has 106 valence electrons. The molecule has 2 rings (SSSR count). The zero-order valence-electron chi connectivity index (χ0n) is 11.0. The molecule has 19 heavy (non-hydrogen) atoms. The molecule has 1 aliphatic rings. The number of alkyl halides is 1. The minimum absolute atomic E-state index is 0.0154. The van der Waals surface area contributed by atoms with Gasteiger partial charge in [0.15, 0.2) is 0 Å². The SMILES string of the molecule is Cc1ccc(S(=O)(=O)OC2(F)CCOCC2)c(C)c1. The van der Waals surface area contributed by atoms with E-state index >= 15 is 0 Å². The second kappa shape index (κ2) is 5.19. The van der Waals surface area contributed by atoms with Crippen molar-refractivity contribution in [2.45, 2.75) is 37.4 Å². The summed E-state index contributed by atoms with van der Waals surface area (Å²) in [5.41, 5.74) is 1.49. The van der Waals surface area contributed by atoms with Crippen LogP contribution in [-0.4, -0.2) is 27.5 Å². The molecule has 0 bridgehead atoms. The van der Waals surface area contributed by atoms with Gasteiger partial charge in [-0.05, 0) is 25.5 Å². The van der Waals surface area contributed by atoms with E-state index in [1.165, 1.54) is 6.07 Å². The molecular formula is C13H17FO4S. The molecule has 6 heteroatoms. The maximum atomic E-state index is 14.3. The lowest BCUT2D eigenvalue weighted by Crippen LogP contribution is -2.36. The van der Waals surface area contributed by atoms with Crippen molar-refractivity contribution in [3.05, 3.63) is 29.3 Å². The topological polar surface area (TPSA) is 52.6 Å². The van der Waals surface area contributed by atoms with Gasteiger partial charge in [0.1, 0.15) is 0 Å². The average molecular weight is 288 g/mol. The first-order valence-corrected chi connectivity index (χ1v) is 7.53. The molecule has 0 spiro atoms. The molecule has 1 fully saturated rings. The van der Waals surface area contributed by atoms with E-state index in [1.807, 2.05) is 6.92 Å². The van der Waals surface area contributed by atoms with Gasteiger partial charge in [0, 0.05) is 12.8 Å². The van der Waals surface area contributed by atoms with Crippen molar-refractivity contribution < 1.29 is 21.7 Å². The Hall–Kier alpha value is -0.980. The number of ether oxygens (including phenoxy) is 1. The van der Waals surface area contributed by atoms with E-state index in [9.17, 15) is 12.8 Å². The third-order valence-corrected chi connectivity index (χ3v) is 4.61. The molecule has 1 aromatic rings. The average Bonchev–Trinajstić information content (AvgIpc) is 2.27. The van der Waals surface area contributed by atoms with Gasteiger partial charge in [-0.2, -0.15) is 8.42 Å². The van der Waals surface area contributed by atoms with Crippen molar-refractivity contribution in [3.63, 3.8) is 0 Å². The summed E-state index contributed by atoms with van der Waals surface area (Å²) in [5.74, 6) is -2.16. The quantitative estimate of drug-likeness (QED) is 0.802. The van der Waals surface area contributed by atoms with Crippen LogP contribution in [0.4, 0.5) is 4.39 Å². The monoisotopic (exact) mass is 288 g/mol. The van der Waals surface area contributed by atoms with Crippen LogP contribution in [0.1, 0.15) is 24.0 Å². The predicted octanol–water partition coefficient (Wildman–Crippen LogP) is 2.48. The van der Waals surface area contributed by atoms with Gasteiger partial charge in [-0.1, -0.05) is 17.7 Å². The van der Waals surface area contributed by atoms with Crippen molar-refractivity contribution in [3.8, 4) is 0 Å². The van der Waals surface area contributed by atoms with E-state index in [-0.39, 0.29) is 31.0 Å². The van der Waals surface area contributed by atoms with Crippen LogP contribution in [0.2, 0.25) is 0 Å². The van der Waals surface area contributed by atoms with Crippen LogP contribution in [-0.2, 0) is 19.0 Å². The van der Waals surface area contributed by atoms with Gasteiger partial charge in [0.25, 0.3) is 10.1 Å². The standard InChI is InChI=1S/C13H17FO4S/c1-10-3-4-12(11(2)9-10)19(15,16)18-13(14)5-7-17-8-6-13/h3-4,9H,5-8H2,1-2H3. The van der Waals surface area contributed by atoms with E-state index in [0.717, 1.165) is 5.56 Å². The first kappa shape index (κ1) is 14.4. The summed E-state index contributed by atoms with van der Waals surface area (Å²) in [5, 5.41) is 0. The Morgan fingerprint density at radius 3 is 2.47 bits per heavy atom. The summed E-state index contributed by atoms with van der Waals surface area (Å²) >= 11 is 0. The second-order valence-corrected chi connectivity index (χ2v) is 6.32. The molecule has 0 amide bonds. The molecule has 0 N–H and O–H groups in total. The summed E-state index contributed by atoms with van der Waals surface area (Å²) in [6.07, 6.45) is -0.145. The third kappa shape index (κ3) is 3.32. The highest BCUT2D eigenvalue weighted by Gasteiger charge is 2.39. The van der Waals surface area contributed by atoms with Crippen LogP contribution in [0.3, 0.4) is 0 Å². The van der Waals surface area contributed by atoms with E-state index in [2.05, 4.69) is 0 Å². The highest BCUT2D eigenvalue weighted by Crippen LogP contribution is 2.31. The summed E-state index contributed by atoms with van der Waals surface area (Å²) in [6, 6.07) is 4.84. The van der Waals surface area contributed by atoms with E-state index in [0.29, 0.717) is 5.56 Å². The highest BCUT2D eigenvalue weighted by molar-refractivity contribution is 7.86. The highest BCUT2D eigenvalue weighted by atomic mass is 32.2. The Morgan fingerprint density at radius 1 is 1.26 bits per heavy atom. The second-order valence-electron chi connectivity index (χ2n) is 4.80. The van der Waals surface area contributed by atoms with Gasteiger partial charge in [-0.15, -0.1) is 0 Å². The molecule has 1 saturated heterocycles. The molecule has 0 aliphatic carbocycles. The van der Waals surface area contributed by atoms with Gasteiger partial charge in [0.05, 0.1) is 18.1 Å². The third-order valence-electron chi connectivity index (χ3n) is 3.10. The Labute approximate surface area is 112 Å². The molecule has 0 radical (unpaired) electrons. The summed E-state index contributed by atoms with van der Waals surface area (Å²) in [4.78, 5) is 0.0154. The number of halogens is 1. The number of aryl methyl sites for hydroxylation is 2. The van der Waals surface area contributed by atoms with Crippen molar-refractivity contribution in [1.29, 1.82) is 0 Å². The Morgan fingerprint density at radius 2 is 1.89 bits per heavy atom. The molecule has 1 aliphatic heterocycles. The number of hydrogen-bond donors (Lipinski definition) is 0. The molecule has 0 unspecified atom stereocenters. The minimum atomic E-state index is -4.10. The van der Waals surface area contributed by atoms with Crippen LogP contribution < -0.4 is 0 Å². The lowest BCUT2D eigenvalue weighted by Gasteiger charge is -2.28. The van der Waals surface area contributed by atoms with Gasteiger partial charge < -0.3 is 4.74 Å². The fourth-order valence-electron chi connectivity index (χ4n) is 2.08. The number of hydrogen-bond acceptors (Lipinski definition) is 4. The summed E-state index contributed by atoms with van der Waals surface area (Å²) < 4.78 is 48.4. The van der Waals surface area contributed by atoms with Gasteiger partial charge >= 0.3 is 0 Å². The molecule has 0 atom stereocenters. The zero-order valence-corrected chi connectivity index (χ0v) is 11.8.